The molecule has 9 aromatic carbocycles. The van der Waals surface area contributed by atoms with E-state index >= 15 is 0 Å². The fourth-order valence-electron chi connectivity index (χ4n) is 11.7. The van der Waals surface area contributed by atoms with E-state index in [4.69, 9.17) is 9.47 Å². The fourth-order valence-corrected chi connectivity index (χ4v) is 15.5. The summed E-state index contributed by atoms with van der Waals surface area (Å²) in [6.07, 6.45) is 0. The van der Waals surface area contributed by atoms with E-state index in [-0.39, 0.29) is 10.8 Å². The van der Waals surface area contributed by atoms with Gasteiger partial charge in [0.2, 0.25) is 0 Å². The number of benzene rings is 9. The van der Waals surface area contributed by atoms with Gasteiger partial charge in [-0.1, -0.05) is 198 Å². The smallest absolute Gasteiger partial charge is 0.149 e. The van der Waals surface area contributed by atoms with Gasteiger partial charge < -0.3 is 9.47 Å². The first-order valence-corrected chi connectivity index (χ1v) is 25.7. The average molecular weight is 833 g/mol. The van der Waals surface area contributed by atoms with E-state index in [9.17, 15) is 0 Å². The standard InChI is InChI=1S/C58H44O2SSi/c1-57(2)41-25-13-11-21-37(41)51-43(57)29-31-46-55(51)59-53-39(23-15-27-45(53)61-46)49-33-17-7-9-19-35(33)50(36-20-10-8-18-34(36)49)40-24-16-28-47-54(40)60-56-48(62(47,5)6)32-30-44-52(56)38-22-12-14-26-42(38)58(44,3)4/h7-32H,1-6H3. The van der Waals surface area contributed by atoms with Gasteiger partial charge in [-0.3, -0.25) is 0 Å². The van der Waals surface area contributed by atoms with E-state index in [0.29, 0.717) is 0 Å². The third kappa shape index (κ3) is 4.61. The summed E-state index contributed by atoms with van der Waals surface area (Å²) in [4.78, 5) is 2.29. The lowest BCUT2D eigenvalue weighted by Crippen LogP contribution is -2.56. The topological polar surface area (TPSA) is 18.5 Å². The van der Waals surface area contributed by atoms with E-state index < -0.39 is 8.07 Å². The van der Waals surface area contributed by atoms with E-state index in [1.165, 1.54) is 87.6 Å². The van der Waals surface area contributed by atoms with E-state index in [1.54, 1.807) is 0 Å². The van der Waals surface area contributed by atoms with Gasteiger partial charge in [0.05, 0.1) is 9.79 Å². The lowest BCUT2D eigenvalue weighted by molar-refractivity contribution is 0.457. The SMILES string of the molecule is CC1(C)c2ccccc2-c2c1ccc1c2Oc2c(cccc2-c2c3ccccc3c(-c3cccc4c3Oc3c(ccc5c3-c3ccccc3C5(C)C)[Si]4(C)C)c3ccccc23)S1. The van der Waals surface area contributed by atoms with Crippen molar-refractivity contribution in [2.75, 3.05) is 0 Å². The van der Waals surface area contributed by atoms with Crippen molar-refractivity contribution in [2.24, 2.45) is 0 Å². The summed E-state index contributed by atoms with van der Waals surface area (Å²) in [5.41, 5.74) is 14.9. The fraction of sp³-hybridized carbons (Fsp3) is 0.138. The van der Waals surface area contributed by atoms with E-state index in [2.05, 4.69) is 199 Å². The van der Waals surface area contributed by atoms with Gasteiger partial charge in [0.25, 0.3) is 0 Å². The van der Waals surface area contributed by atoms with Crippen LogP contribution >= 0.6 is 11.8 Å². The number of para-hydroxylation sites is 2. The first-order valence-electron chi connectivity index (χ1n) is 21.8. The van der Waals surface area contributed by atoms with Gasteiger partial charge in [-0.05, 0) is 77.4 Å². The Morgan fingerprint density at radius 1 is 0.355 bits per heavy atom. The molecule has 9 aromatic rings. The normalized spacial score (nSPS) is 16.2. The van der Waals surface area contributed by atoms with Crippen LogP contribution < -0.4 is 19.8 Å². The van der Waals surface area contributed by atoms with Crippen LogP contribution in [0, 0.1) is 0 Å². The van der Waals surface area contributed by atoms with Gasteiger partial charge in [-0.25, -0.2) is 0 Å². The Morgan fingerprint density at radius 3 is 1.39 bits per heavy atom. The molecular weight excluding hydrogens is 789 g/mol. The van der Waals surface area contributed by atoms with Crippen molar-refractivity contribution in [1.82, 2.24) is 0 Å². The van der Waals surface area contributed by atoms with Crippen molar-refractivity contribution >= 4 is 51.8 Å². The number of hydrogen-bond donors (Lipinski definition) is 0. The highest BCUT2D eigenvalue weighted by Gasteiger charge is 2.45. The molecule has 4 aliphatic rings. The van der Waals surface area contributed by atoms with Crippen molar-refractivity contribution in [2.45, 2.75) is 61.4 Å². The first kappa shape index (κ1) is 36.3. The van der Waals surface area contributed by atoms with Crippen molar-refractivity contribution < 1.29 is 9.47 Å². The summed E-state index contributed by atoms with van der Waals surface area (Å²) in [6, 6.07) is 58.7. The second-order valence-corrected chi connectivity index (χ2v) is 24.5. The molecular formula is C58H44O2SSi. The summed E-state index contributed by atoms with van der Waals surface area (Å²) in [5.74, 6) is 3.94. The summed E-state index contributed by atoms with van der Waals surface area (Å²) >= 11 is 1.82. The summed E-state index contributed by atoms with van der Waals surface area (Å²) in [5, 5.41) is 7.49. The summed E-state index contributed by atoms with van der Waals surface area (Å²) in [7, 11) is -2.23. The molecule has 0 fully saturated rings. The zero-order valence-electron chi connectivity index (χ0n) is 35.7. The Labute approximate surface area is 368 Å². The molecule has 0 unspecified atom stereocenters. The van der Waals surface area contributed by atoms with Crippen molar-refractivity contribution in [3.8, 4) is 67.5 Å². The van der Waals surface area contributed by atoms with Crippen LogP contribution in [0.5, 0.6) is 23.0 Å². The Bertz CT molecular complexity index is 3430. The minimum Gasteiger partial charge on any atom is -0.456 e. The molecule has 2 nitrogen and oxygen atoms in total. The van der Waals surface area contributed by atoms with Gasteiger partial charge in [0, 0.05) is 44.2 Å². The zero-order valence-corrected chi connectivity index (χ0v) is 37.6. The highest BCUT2D eigenvalue weighted by molar-refractivity contribution is 7.99. The maximum atomic E-state index is 7.50. The molecule has 2 aliphatic carbocycles. The molecule has 0 saturated heterocycles. The summed E-state index contributed by atoms with van der Waals surface area (Å²) in [6.45, 7) is 14.4. The monoisotopic (exact) mass is 832 g/mol. The van der Waals surface area contributed by atoms with Crippen LogP contribution in [0.3, 0.4) is 0 Å². The Balaban J connectivity index is 1.03. The third-order valence-corrected chi connectivity index (χ3v) is 19.4. The molecule has 13 rings (SSSR count). The number of fused-ring (bicyclic) bond motifs is 14. The minimum atomic E-state index is -2.23. The molecule has 0 atom stereocenters. The van der Waals surface area contributed by atoms with Crippen LogP contribution in [0.25, 0.3) is 66.1 Å². The van der Waals surface area contributed by atoms with Gasteiger partial charge >= 0.3 is 0 Å². The third-order valence-electron chi connectivity index (χ3n) is 14.8. The molecule has 0 amide bonds. The average Bonchev–Trinajstić information content (AvgIpc) is 3.67. The van der Waals surface area contributed by atoms with Crippen molar-refractivity contribution in [3.05, 3.63) is 180 Å². The molecule has 0 saturated carbocycles. The number of rotatable bonds is 2. The van der Waals surface area contributed by atoms with Gasteiger partial charge in [-0.2, -0.15) is 0 Å². The highest BCUT2D eigenvalue weighted by Crippen LogP contribution is 2.61. The van der Waals surface area contributed by atoms with E-state index in [1.807, 2.05) is 11.8 Å². The zero-order chi connectivity index (χ0) is 41.9. The minimum absolute atomic E-state index is 0.111. The second kappa shape index (κ2) is 12.4. The number of hydrogen-bond acceptors (Lipinski definition) is 3. The highest BCUT2D eigenvalue weighted by atomic mass is 32.2. The van der Waals surface area contributed by atoms with E-state index in [0.717, 1.165) is 43.9 Å². The van der Waals surface area contributed by atoms with Gasteiger partial charge in [0.15, 0.2) is 0 Å². The maximum Gasteiger partial charge on any atom is 0.149 e. The van der Waals surface area contributed by atoms with Crippen molar-refractivity contribution in [1.29, 1.82) is 0 Å². The molecule has 4 heteroatoms. The van der Waals surface area contributed by atoms with Crippen LogP contribution in [-0.4, -0.2) is 8.07 Å². The van der Waals surface area contributed by atoms with Crippen LogP contribution in [0.1, 0.15) is 49.9 Å². The van der Waals surface area contributed by atoms with Crippen LogP contribution in [0.15, 0.2) is 168 Å². The largest absolute Gasteiger partial charge is 0.456 e. The van der Waals surface area contributed by atoms with Crippen LogP contribution in [0.4, 0.5) is 0 Å². The second-order valence-electron chi connectivity index (χ2n) is 19.1. The van der Waals surface area contributed by atoms with Crippen LogP contribution in [0.2, 0.25) is 13.1 Å². The lowest BCUT2D eigenvalue weighted by atomic mass is 9.82. The van der Waals surface area contributed by atoms with Gasteiger partial charge in [0.1, 0.15) is 31.1 Å². The molecule has 298 valence electrons. The molecule has 0 bridgehead atoms. The molecule has 0 N–H and O–H groups in total. The number of ether oxygens (including phenoxy) is 2. The van der Waals surface area contributed by atoms with Gasteiger partial charge in [-0.15, -0.1) is 0 Å². The Hall–Kier alpha value is -6.33. The lowest BCUT2D eigenvalue weighted by Gasteiger charge is -2.36. The first-order chi connectivity index (χ1) is 30.0. The molecule has 0 radical (unpaired) electrons. The molecule has 0 aromatic heterocycles. The molecule has 2 aliphatic heterocycles. The quantitative estimate of drug-likeness (QED) is 0.128. The Kier molecular flexibility index (Phi) is 7.27. The molecule has 62 heavy (non-hydrogen) atoms. The Morgan fingerprint density at radius 2 is 0.790 bits per heavy atom. The molecule has 0 spiro atoms. The molecule has 2 heterocycles. The predicted molar refractivity (Wildman–Crippen MR) is 261 cm³/mol. The summed E-state index contributed by atoms with van der Waals surface area (Å²) < 4.78 is 14.8. The predicted octanol–water partition coefficient (Wildman–Crippen LogP) is 15.1. The maximum absolute atomic E-state index is 7.50. The van der Waals surface area contributed by atoms with Crippen molar-refractivity contribution in [3.63, 3.8) is 0 Å². The van der Waals surface area contributed by atoms with Crippen LogP contribution in [-0.2, 0) is 10.8 Å².